The lowest BCUT2D eigenvalue weighted by Gasteiger charge is -2.49. The summed E-state index contributed by atoms with van der Waals surface area (Å²) in [5, 5.41) is 3.57. The van der Waals surface area contributed by atoms with Crippen LogP contribution in [0.2, 0.25) is 0 Å². The summed E-state index contributed by atoms with van der Waals surface area (Å²) >= 11 is 0. The van der Waals surface area contributed by atoms with Gasteiger partial charge >= 0.3 is 0 Å². The van der Waals surface area contributed by atoms with Crippen molar-refractivity contribution in [1.82, 2.24) is 5.32 Å². The highest BCUT2D eigenvalue weighted by Crippen LogP contribution is 2.55. The number of rotatable bonds is 2. The third kappa shape index (κ3) is 2.94. The van der Waals surface area contributed by atoms with Crippen molar-refractivity contribution in [3.8, 4) is 0 Å². The lowest BCUT2D eigenvalue weighted by atomic mass is 9.57. The molecule has 2 nitrogen and oxygen atoms in total. The quantitative estimate of drug-likeness (QED) is 0.747. The molecule has 0 aromatic rings. The number of hydrogen-bond acceptors (Lipinski definition) is 2. The van der Waals surface area contributed by atoms with E-state index in [9.17, 15) is 0 Å². The van der Waals surface area contributed by atoms with Crippen molar-refractivity contribution >= 4 is 0 Å². The first-order valence-electron chi connectivity index (χ1n) is 8.82. The summed E-state index contributed by atoms with van der Waals surface area (Å²) in [6.07, 6.45) is 7.83. The third-order valence-corrected chi connectivity index (χ3v) is 6.41. The van der Waals surface area contributed by atoms with Gasteiger partial charge in [-0.15, -0.1) is 0 Å². The van der Waals surface area contributed by atoms with E-state index in [1.807, 2.05) is 0 Å². The van der Waals surface area contributed by atoms with Gasteiger partial charge in [0.25, 0.3) is 0 Å². The van der Waals surface area contributed by atoms with Crippen LogP contribution in [0.4, 0.5) is 0 Å². The topological polar surface area (TPSA) is 21.3 Å². The maximum atomic E-state index is 5.99. The van der Waals surface area contributed by atoms with Gasteiger partial charge in [-0.25, -0.2) is 0 Å². The summed E-state index contributed by atoms with van der Waals surface area (Å²) in [4.78, 5) is 0. The molecule has 3 aliphatic rings. The number of ether oxygens (including phenoxy) is 1. The molecule has 2 atom stereocenters. The van der Waals surface area contributed by atoms with E-state index in [-0.39, 0.29) is 5.72 Å². The van der Waals surface area contributed by atoms with Gasteiger partial charge in [-0.3, -0.25) is 5.32 Å². The lowest BCUT2D eigenvalue weighted by molar-refractivity contribution is -0.0325. The van der Waals surface area contributed by atoms with Crippen LogP contribution in [0, 0.1) is 16.7 Å². The monoisotopic (exact) mass is 291 g/mol. The smallest absolute Gasteiger partial charge is 0.116 e. The van der Waals surface area contributed by atoms with Crippen LogP contribution in [0.25, 0.3) is 0 Å². The Hall–Kier alpha value is -0.340. The molecule has 120 valence electrons. The highest BCUT2D eigenvalue weighted by Gasteiger charge is 2.45. The fraction of sp³-hybridized carbons (Fsp3) is 0.895. The van der Waals surface area contributed by atoms with E-state index in [2.05, 4.69) is 39.9 Å². The Morgan fingerprint density at radius 3 is 2.62 bits per heavy atom. The van der Waals surface area contributed by atoms with Crippen molar-refractivity contribution in [3.05, 3.63) is 11.1 Å². The summed E-state index contributed by atoms with van der Waals surface area (Å²) < 4.78 is 5.99. The third-order valence-electron chi connectivity index (χ3n) is 6.41. The first-order chi connectivity index (χ1) is 9.72. The average molecular weight is 291 g/mol. The molecule has 2 heteroatoms. The SMILES string of the molecule is CC1(C)CCCC2=C1CC(C)(C)[C@@H](C[C@@]1(C)NCCO1)C2. The molecule has 3 rings (SSSR count). The normalized spacial score (nSPS) is 38.4. The Kier molecular flexibility index (Phi) is 3.77. The largest absolute Gasteiger partial charge is 0.360 e. The van der Waals surface area contributed by atoms with Gasteiger partial charge in [-0.1, -0.05) is 38.8 Å². The summed E-state index contributed by atoms with van der Waals surface area (Å²) in [5.74, 6) is 0.737. The first kappa shape index (κ1) is 15.6. The van der Waals surface area contributed by atoms with Gasteiger partial charge in [0, 0.05) is 6.54 Å². The predicted octanol–water partition coefficient (Wildman–Crippen LogP) is 4.66. The second kappa shape index (κ2) is 5.09. The van der Waals surface area contributed by atoms with Gasteiger partial charge in [0.2, 0.25) is 0 Å². The van der Waals surface area contributed by atoms with Crippen LogP contribution < -0.4 is 5.32 Å². The highest BCUT2D eigenvalue weighted by molar-refractivity contribution is 5.29. The molecular weight excluding hydrogens is 258 g/mol. The molecule has 0 amide bonds. The molecule has 2 aliphatic carbocycles. The minimum absolute atomic E-state index is 0.0931. The fourth-order valence-electron chi connectivity index (χ4n) is 4.88. The Morgan fingerprint density at radius 2 is 1.95 bits per heavy atom. The summed E-state index contributed by atoms with van der Waals surface area (Å²) in [5.41, 5.74) is 4.31. The molecular formula is C19H33NO. The van der Waals surface area contributed by atoms with Crippen molar-refractivity contribution in [1.29, 1.82) is 0 Å². The maximum absolute atomic E-state index is 5.99. The molecule has 0 spiro atoms. The van der Waals surface area contributed by atoms with Gasteiger partial charge in [0.15, 0.2) is 0 Å². The van der Waals surface area contributed by atoms with Crippen LogP contribution >= 0.6 is 0 Å². The summed E-state index contributed by atoms with van der Waals surface area (Å²) in [7, 11) is 0. The average Bonchev–Trinajstić information content (AvgIpc) is 2.78. The standard InChI is InChI=1S/C19H33NO/c1-17(2)8-6-7-14-11-15(18(3,4)13-16(14)17)12-19(5)20-9-10-21-19/h15,20H,6-13H2,1-5H3/t15-,19+/m1/s1. The van der Waals surface area contributed by atoms with Crippen molar-refractivity contribution in [2.75, 3.05) is 13.2 Å². The summed E-state index contributed by atoms with van der Waals surface area (Å²) in [6.45, 7) is 14.0. The van der Waals surface area contributed by atoms with Crippen molar-refractivity contribution in [2.45, 2.75) is 78.9 Å². The Labute approximate surface area is 130 Å². The molecule has 1 aliphatic heterocycles. The number of allylic oxidation sites excluding steroid dienone is 2. The van der Waals surface area contributed by atoms with E-state index in [1.54, 1.807) is 11.1 Å². The molecule has 0 radical (unpaired) electrons. The predicted molar refractivity (Wildman–Crippen MR) is 88.1 cm³/mol. The van der Waals surface area contributed by atoms with Crippen LogP contribution in [-0.2, 0) is 4.74 Å². The van der Waals surface area contributed by atoms with E-state index in [1.165, 1.54) is 32.1 Å². The van der Waals surface area contributed by atoms with Crippen LogP contribution in [0.3, 0.4) is 0 Å². The minimum Gasteiger partial charge on any atom is -0.360 e. The Bertz CT molecular complexity index is 440. The van der Waals surface area contributed by atoms with Crippen molar-refractivity contribution in [3.63, 3.8) is 0 Å². The maximum Gasteiger partial charge on any atom is 0.116 e. The zero-order valence-corrected chi connectivity index (χ0v) is 14.6. The van der Waals surface area contributed by atoms with Gasteiger partial charge in [-0.05, 0) is 62.2 Å². The van der Waals surface area contributed by atoms with E-state index in [0.717, 1.165) is 25.5 Å². The Morgan fingerprint density at radius 1 is 1.19 bits per heavy atom. The molecule has 1 fully saturated rings. The molecule has 0 aromatic carbocycles. The molecule has 1 saturated heterocycles. The van der Waals surface area contributed by atoms with Gasteiger partial charge in [0.05, 0.1) is 6.61 Å². The van der Waals surface area contributed by atoms with Gasteiger partial charge in [-0.2, -0.15) is 0 Å². The van der Waals surface area contributed by atoms with E-state index < -0.39 is 0 Å². The molecule has 21 heavy (non-hydrogen) atoms. The summed E-state index contributed by atoms with van der Waals surface area (Å²) in [6, 6.07) is 0. The fourth-order valence-corrected chi connectivity index (χ4v) is 4.88. The van der Waals surface area contributed by atoms with E-state index in [4.69, 9.17) is 4.74 Å². The molecule has 0 aromatic heterocycles. The van der Waals surface area contributed by atoms with Crippen LogP contribution in [0.5, 0.6) is 0 Å². The minimum atomic E-state index is -0.0931. The number of nitrogens with one attached hydrogen (secondary N) is 1. The second-order valence-electron chi connectivity index (χ2n) is 9.10. The molecule has 1 N–H and O–H groups in total. The lowest BCUT2D eigenvalue weighted by Crippen LogP contribution is -2.44. The zero-order chi connectivity index (χ0) is 15.3. The zero-order valence-electron chi connectivity index (χ0n) is 14.6. The molecule has 0 bridgehead atoms. The van der Waals surface area contributed by atoms with Crippen LogP contribution in [0.15, 0.2) is 11.1 Å². The van der Waals surface area contributed by atoms with E-state index in [0.29, 0.717) is 10.8 Å². The van der Waals surface area contributed by atoms with Crippen LogP contribution in [-0.4, -0.2) is 18.9 Å². The first-order valence-corrected chi connectivity index (χ1v) is 8.82. The van der Waals surface area contributed by atoms with Crippen molar-refractivity contribution in [2.24, 2.45) is 16.7 Å². The van der Waals surface area contributed by atoms with Crippen molar-refractivity contribution < 1.29 is 4.74 Å². The molecule has 1 heterocycles. The van der Waals surface area contributed by atoms with Crippen LogP contribution in [0.1, 0.15) is 73.1 Å². The van der Waals surface area contributed by atoms with Gasteiger partial charge in [0.1, 0.15) is 5.72 Å². The van der Waals surface area contributed by atoms with Gasteiger partial charge < -0.3 is 4.74 Å². The molecule has 0 unspecified atom stereocenters. The highest BCUT2D eigenvalue weighted by atomic mass is 16.5. The molecule has 0 saturated carbocycles. The van der Waals surface area contributed by atoms with E-state index >= 15 is 0 Å². The second-order valence-corrected chi connectivity index (χ2v) is 9.10. The number of hydrogen-bond donors (Lipinski definition) is 1. The Balaban J connectivity index is 1.82.